The Morgan fingerprint density at radius 2 is 1.50 bits per heavy atom. The summed E-state index contributed by atoms with van der Waals surface area (Å²) in [5, 5.41) is 0. The molecule has 0 bridgehead atoms. The van der Waals surface area contributed by atoms with Gasteiger partial charge in [-0.05, 0) is 0 Å². The molecule has 6 heavy (non-hydrogen) atoms. The minimum atomic E-state index is -3.85. The van der Waals surface area contributed by atoms with Crippen molar-refractivity contribution in [3.8, 4) is 0 Å². The molecule has 0 aliphatic rings. The van der Waals surface area contributed by atoms with Crippen LogP contribution in [0.1, 0.15) is 0 Å². The van der Waals surface area contributed by atoms with Crippen molar-refractivity contribution in [2.45, 2.75) is 0 Å². The second-order valence-electron chi connectivity index (χ2n) is 0.412. The second kappa shape index (κ2) is 3.00. The zero-order valence-electron chi connectivity index (χ0n) is 2.37. The largest absolute Gasteiger partial charge is 0 e. The molecule has 0 aromatic carbocycles. The first kappa shape index (κ1) is 10.0. The van der Waals surface area contributed by atoms with Crippen molar-refractivity contribution < 1.29 is 44.4 Å². The van der Waals surface area contributed by atoms with E-state index in [9.17, 15) is 0 Å². The third-order valence-corrected chi connectivity index (χ3v) is 0. The van der Waals surface area contributed by atoms with E-state index in [1.165, 1.54) is 0 Å². The van der Waals surface area contributed by atoms with Crippen LogP contribution in [-0.2, 0) is 39.9 Å². The van der Waals surface area contributed by atoms with Gasteiger partial charge in [0.1, 0.15) is 0 Å². The van der Waals surface area contributed by atoms with Crippen molar-refractivity contribution >= 4 is 8.54 Å². The van der Waals surface area contributed by atoms with Gasteiger partial charge in [-0.1, -0.05) is 0 Å². The smallest absolute Gasteiger partial charge is 0 e. The number of hydrogen-bond donors (Lipinski definition) is 1. The summed E-state index contributed by atoms with van der Waals surface area (Å²) < 4.78 is 25.6. The molecule has 0 saturated heterocycles. The van der Waals surface area contributed by atoms with Gasteiger partial charge in [-0.2, -0.15) is 0 Å². The van der Waals surface area contributed by atoms with E-state index >= 15 is 0 Å². The zero-order chi connectivity index (χ0) is 4.50. The Bertz CT molecular complexity index is 94.0. The van der Waals surface area contributed by atoms with E-state index in [0.29, 0.717) is 0 Å². The molecule has 0 aromatic heterocycles. The molecule has 0 spiro atoms. The van der Waals surface area contributed by atoms with E-state index in [1.807, 2.05) is 14.9 Å². The van der Waals surface area contributed by atoms with Crippen molar-refractivity contribution in [3.63, 3.8) is 0 Å². The molecule has 0 aliphatic heterocycles. The maximum Gasteiger partial charge on any atom is 0 e. The average molecular weight is 195 g/mol. The van der Waals surface area contributed by atoms with Crippen LogP contribution >= 0.6 is 0 Å². The predicted molar refractivity (Wildman–Crippen MR) is 11.5 cm³/mol. The van der Waals surface area contributed by atoms with Gasteiger partial charge in [-0.25, -0.2) is 0 Å². The fraction of sp³-hybridized carbons (Fsp3) is 0. The molecule has 3 nitrogen and oxygen atoms in total. The van der Waals surface area contributed by atoms with Gasteiger partial charge in [0.05, 0.1) is 0 Å². The van der Waals surface area contributed by atoms with E-state index < -0.39 is 8.54 Å². The van der Waals surface area contributed by atoms with Crippen LogP contribution in [0, 0.1) is 0 Å². The van der Waals surface area contributed by atoms with E-state index in [4.69, 9.17) is 13.0 Å². The maximum absolute atomic E-state index is 9.10. The van der Waals surface area contributed by atoms with Crippen LogP contribution in [0.2, 0.25) is 0 Å². The molecule has 1 N–H and O–H groups in total. The third kappa shape index (κ3) is 88.9. The monoisotopic (exact) mass is 194 g/mol. The minimum absolute atomic E-state index is 0. The van der Waals surface area contributed by atoms with Crippen LogP contribution in [-0.4, -0.2) is 13.0 Å². The van der Waals surface area contributed by atoms with E-state index in [-0.39, 0.29) is 16.5 Å². The summed E-state index contributed by atoms with van der Waals surface area (Å²) in [6, 6.07) is 0. The fourth-order valence-corrected chi connectivity index (χ4v) is 0. The van der Waals surface area contributed by atoms with Crippen LogP contribution in [0.3, 0.4) is 0 Å². The fourth-order valence-electron chi connectivity index (χ4n) is 0. The van der Waals surface area contributed by atoms with Gasteiger partial charge in [0.2, 0.25) is 0 Å². The molecule has 0 heterocycles. The SMILES string of the molecule is O=[S](=O)(O)[Mn].[Ni]. The van der Waals surface area contributed by atoms with Crippen molar-refractivity contribution in [2.24, 2.45) is 0 Å². The summed E-state index contributed by atoms with van der Waals surface area (Å²) in [5.41, 5.74) is 0. The molecular weight excluding hydrogens is 194 g/mol. The van der Waals surface area contributed by atoms with Gasteiger partial charge < -0.3 is 0 Å². The molecule has 0 rings (SSSR count). The summed E-state index contributed by atoms with van der Waals surface area (Å²) in [7, 11) is -3.85. The molecule has 0 fully saturated rings. The Morgan fingerprint density at radius 1 is 1.50 bits per heavy atom. The molecule has 0 amide bonds. The normalized spacial score (nSPS) is 9.67. The first-order valence-electron chi connectivity index (χ1n) is 0.670. The van der Waals surface area contributed by atoms with Crippen LogP contribution < -0.4 is 0 Å². The minimum Gasteiger partial charge on any atom is 0 e. The molecule has 42 valence electrons. The van der Waals surface area contributed by atoms with Crippen molar-refractivity contribution in [3.05, 3.63) is 0 Å². The van der Waals surface area contributed by atoms with Gasteiger partial charge in [0.15, 0.2) is 0 Å². The standard InChI is InChI=1S/Mn.Ni.HO3S/c;;1-4(2)3/h;;(H,1,2,3). The Hall–Kier alpha value is 0.923. The summed E-state index contributed by atoms with van der Waals surface area (Å²) in [6.07, 6.45) is 0. The molecule has 0 aromatic rings. The van der Waals surface area contributed by atoms with Gasteiger partial charge in [0.25, 0.3) is 0 Å². The molecule has 0 radical (unpaired) electrons. The maximum atomic E-state index is 9.10. The van der Waals surface area contributed by atoms with Crippen molar-refractivity contribution in [1.29, 1.82) is 0 Å². The van der Waals surface area contributed by atoms with E-state index in [0.717, 1.165) is 0 Å². The van der Waals surface area contributed by atoms with Gasteiger partial charge in [-0.15, -0.1) is 0 Å². The van der Waals surface area contributed by atoms with E-state index in [1.54, 1.807) is 0 Å². The molecule has 0 atom stereocenters. The van der Waals surface area contributed by atoms with Crippen LogP contribution in [0.15, 0.2) is 0 Å². The first-order valence-corrected chi connectivity index (χ1v) is 3.46. The third-order valence-electron chi connectivity index (χ3n) is 0. The topological polar surface area (TPSA) is 54.4 Å². The average Bonchev–Trinajstić information content (AvgIpc) is 0.722. The first-order chi connectivity index (χ1) is 2.00. The predicted octanol–water partition coefficient (Wildman–Crippen LogP) is -0.666. The molecular formula is HMnNiO3S. The molecule has 0 unspecified atom stereocenters. The van der Waals surface area contributed by atoms with E-state index in [2.05, 4.69) is 0 Å². The summed E-state index contributed by atoms with van der Waals surface area (Å²) in [5.74, 6) is 0. The Labute approximate surface area is 53.1 Å². The number of rotatable bonds is 0. The zero-order valence-corrected chi connectivity index (χ0v) is 5.35. The van der Waals surface area contributed by atoms with Crippen LogP contribution in [0.5, 0.6) is 0 Å². The van der Waals surface area contributed by atoms with Crippen LogP contribution in [0.25, 0.3) is 0 Å². The van der Waals surface area contributed by atoms with Gasteiger partial charge >= 0.3 is 36.4 Å². The quantitative estimate of drug-likeness (QED) is 0.411. The Kier molecular flexibility index (Phi) is 5.00. The second-order valence-corrected chi connectivity index (χ2v) is 3.06. The van der Waals surface area contributed by atoms with Crippen LogP contribution in [0.4, 0.5) is 0 Å². The summed E-state index contributed by atoms with van der Waals surface area (Å²) >= 11 is 1.90. The molecule has 0 saturated carbocycles. The summed E-state index contributed by atoms with van der Waals surface area (Å²) in [4.78, 5) is 0. The van der Waals surface area contributed by atoms with Crippen molar-refractivity contribution in [1.82, 2.24) is 0 Å². The molecule has 6 heteroatoms. The van der Waals surface area contributed by atoms with Gasteiger partial charge in [-0.3, -0.25) is 0 Å². The van der Waals surface area contributed by atoms with Crippen molar-refractivity contribution in [2.75, 3.05) is 0 Å². The Morgan fingerprint density at radius 3 is 1.50 bits per heavy atom. The number of hydrogen-bond acceptors (Lipinski definition) is 2. The Balaban J connectivity index is 0. The summed E-state index contributed by atoms with van der Waals surface area (Å²) in [6.45, 7) is 0. The van der Waals surface area contributed by atoms with Gasteiger partial charge in [0, 0.05) is 16.5 Å². The molecule has 0 aliphatic carbocycles.